The summed E-state index contributed by atoms with van der Waals surface area (Å²) < 4.78 is 10.4. The van der Waals surface area contributed by atoms with Gasteiger partial charge in [0.15, 0.2) is 0 Å². The van der Waals surface area contributed by atoms with Crippen molar-refractivity contribution in [2.45, 2.75) is 26.4 Å². The molecule has 112 valence electrons. The maximum atomic E-state index is 12.0. The summed E-state index contributed by atoms with van der Waals surface area (Å²) in [6.07, 6.45) is 1.53. The van der Waals surface area contributed by atoms with Gasteiger partial charge in [0.2, 0.25) is 0 Å². The number of carbonyl (C=O) groups is 2. The van der Waals surface area contributed by atoms with E-state index in [1.165, 1.54) is 0 Å². The van der Waals surface area contributed by atoms with Crippen molar-refractivity contribution in [2.75, 3.05) is 6.61 Å². The van der Waals surface area contributed by atoms with Crippen LogP contribution in [0.3, 0.4) is 0 Å². The molecule has 0 bridgehead atoms. The van der Waals surface area contributed by atoms with E-state index >= 15 is 0 Å². The molecule has 0 aromatic heterocycles. The van der Waals surface area contributed by atoms with Crippen LogP contribution < -0.4 is 0 Å². The van der Waals surface area contributed by atoms with Gasteiger partial charge in [-0.05, 0) is 37.2 Å². The summed E-state index contributed by atoms with van der Waals surface area (Å²) in [5.41, 5.74) is 0.999. The first kappa shape index (κ1) is 14.1. The lowest BCUT2D eigenvalue weighted by molar-refractivity contribution is -0.152. The zero-order valence-corrected chi connectivity index (χ0v) is 12.2. The van der Waals surface area contributed by atoms with E-state index in [2.05, 4.69) is 0 Å². The summed E-state index contributed by atoms with van der Waals surface area (Å²) in [5, 5.41) is 0. The van der Waals surface area contributed by atoms with Crippen LogP contribution in [0.4, 0.5) is 0 Å². The normalized spacial score (nSPS) is 29.6. The van der Waals surface area contributed by atoms with Gasteiger partial charge in [0.05, 0.1) is 18.4 Å². The number of esters is 2. The zero-order valence-electron chi connectivity index (χ0n) is 12.2. The van der Waals surface area contributed by atoms with Crippen molar-refractivity contribution >= 4 is 11.9 Å². The van der Waals surface area contributed by atoms with E-state index in [-0.39, 0.29) is 23.8 Å². The van der Waals surface area contributed by atoms with Crippen LogP contribution in [0.25, 0.3) is 0 Å². The second kappa shape index (κ2) is 5.88. The molecule has 3 rings (SSSR count). The number of rotatable bonds is 5. The van der Waals surface area contributed by atoms with E-state index in [9.17, 15) is 9.59 Å². The van der Waals surface area contributed by atoms with Gasteiger partial charge in [-0.25, -0.2) is 0 Å². The quantitative estimate of drug-likeness (QED) is 0.781. The van der Waals surface area contributed by atoms with E-state index in [4.69, 9.17) is 9.47 Å². The molecule has 2 saturated carbocycles. The SMILES string of the molecule is CCOC(=O)C1[C@H]2CC(C(=O)OCc3ccccc3)C[C@@H]12. The van der Waals surface area contributed by atoms with Crippen molar-refractivity contribution in [1.82, 2.24) is 0 Å². The van der Waals surface area contributed by atoms with Gasteiger partial charge in [-0.1, -0.05) is 30.3 Å². The van der Waals surface area contributed by atoms with E-state index in [1.807, 2.05) is 37.3 Å². The molecule has 4 nitrogen and oxygen atoms in total. The highest BCUT2D eigenvalue weighted by Gasteiger charge is 2.61. The summed E-state index contributed by atoms with van der Waals surface area (Å²) in [5.74, 6) is 0.423. The molecule has 0 spiro atoms. The molecule has 4 atom stereocenters. The van der Waals surface area contributed by atoms with E-state index in [0.29, 0.717) is 25.0 Å². The first-order chi connectivity index (χ1) is 10.2. The van der Waals surface area contributed by atoms with Crippen LogP contribution in [0.2, 0.25) is 0 Å². The molecule has 2 aliphatic carbocycles. The Morgan fingerprint density at radius 1 is 1.05 bits per heavy atom. The second-order valence-corrected chi connectivity index (χ2v) is 5.87. The lowest BCUT2D eigenvalue weighted by Gasteiger charge is -2.13. The average Bonchev–Trinajstić information content (AvgIpc) is 3.01. The number of hydrogen-bond acceptors (Lipinski definition) is 4. The molecule has 0 aliphatic heterocycles. The summed E-state index contributed by atoms with van der Waals surface area (Å²) >= 11 is 0. The molecule has 1 aromatic carbocycles. The summed E-state index contributed by atoms with van der Waals surface area (Å²) in [7, 11) is 0. The number of ether oxygens (including phenoxy) is 2. The Bertz CT molecular complexity index is 513. The fraction of sp³-hybridized carbons (Fsp3) is 0.529. The monoisotopic (exact) mass is 288 g/mol. The van der Waals surface area contributed by atoms with Crippen LogP contribution in [0.1, 0.15) is 25.3 Å². The van der Waals surface area contributed by atoms with Crippen LogP contribution in [0, 0.1) is 23.7 Å². The first-order valence-corrected chi connectivity index (χ1v) is 7.58. The van der Waals surface area contributed by atoms with Crippen LogP contribution in [-0.2, 0) is 25.7 Å². The fourth-order valence-corrected chi connectivity index (χ4v) is 3.47. The summed E-state index contributed by atoms with van der Waals surface area (Å²) in [6, 6.07) is 9.67. The van der Waals surface area contributed by atoms with Crippen LogP contribution in [-0.4, -0.2) is 18.5 Å². The molecule has 0 heterocycles. The van der Waals surface area contributed by atoms with Crippen molar-refractivity contribution in [3.8, 4) is 0 Å². The third kappa shape index (κ3) is 2.94. The predicted octanol–water partition coefficient (Wildman–Crippen LogP) is 2.57. The van der Waals surface area contributed by atoms with Crippen molar-refractivity contribution in [1.29, 1.82) is 0 Å². The largest absolute Gasteiger partial charge is 0.466 e. The Morgan fingerprint density at radius 2 is 1.71 bits per heavy atom. The lowest BCUT2D eigenvalue weighted by Crippen LogP contribution is -2.19. The first-order valence-electron chi connectivity index (χ1n) is 7.58. The molecule has 1 aromatic rings. The highest BCUT2D eigenvalue weighted by Crippen LogP contribution is 2.60. The standard InChI is InChI=1S/C17H20O4/c1-2-20-17(19)15-13-8-12(9-14(13)15)16(18)21-10-11-6-4-3-5-7-11/h3-7,12-15H,2,8-10H2,1H3/t12?,13-,14+,15?. The smallest absolute Gasteiger partial charge is 0.309 e. The number of fused-ring (bicyclic) bond motifs is 1. The maximum Gasteiger partial charge on any atom is 0.309 e. The molecule has 2 aliphatic rings. The summed E-state index contributed by atoms with van der Waals surface area (Å²) in [4.78, 5) is 23.7. The van der Waals surface area contributed by atoms with E-state index < -0.39 is 0 Å². The Labute approximate surface area is 124 Å². The molecule has 0 saturated heterocycles. The minimum atomic E-state index is -0.131. The van der Waals surface area contributed by atoms with Crippen molar-refractivity contribution < 1.29 is 19.1 Å². The van der Waals surface area contributed by atoms with Gasteiger partial charge in [0.1, 0.15) is 6.61 Å². The molecule has 2 fully saturated rings. The molecule has 2 unspecified atom stereocenters. The molecule has 4 heteroatoms. The Kier molecular flexibility index (Phi) is 3.95. The minimum absolute atomic E-state index is 0.0307. The van der Waals surface area contributed by atoms with Gasteiger partial charge >= 0.3 is 11.9 Å². The minimum Gasteiger partial charge on any atom is -0.466 e. The third-order valence-corrected chi connectivity index (χ3v) is 4.56. The van der Waals surface area contributed by atoms with E-state index in [1.54, 1.807) is 0 Å². The van der Waals surface area contributed by atoms with Crippen LogP contribution in [0.5, 0.6) is 0 Å². The van der Waals surface area contributed by atoms with Crippen molar-refractivity contribution in [2.24, 2.45) is 23.7 Å². The van der Waals surface area contributed by atoms with Crippen LogP contribution >= 0.6 is 0 Å². The highest BCUT2D eigenvalue weighted by molar-refractivity contribution is 5.79. The lowest BCUT2D eigenvalue weighted by atomic mass is 10.0. The van der Waals surface area contributed by atoms with E-state index in [0.717, 1.165) is 18.4 Å². The fourth-order valence-electron chi connectivity index (χ4n) is 3.47. The zero-order chi connectivity index (χ0) is 14.8. The average molecular weight is 288 g/mol. The van der Waals surface area contributed by atoms with Gasteiger partial charge < -0.3 is 9.47 Å². The molecule has 0 amide bonds. The summed E-state index contributed by atoms with van der Waals surface area (Å²) in [6.45, 7) is 2.57. The topological polar surface area (TPSA) is 52.6 Å². The molecule has 21 heavy (non-hydrogen) atoms. The molecule has 0 radical (unpaired) electrons. The Hall–Kier alpha value is -1.84. The highest BCUT2D eigenvalue weighted by atomic mass is 16.5. The second-order valence-electron chi connectivity index (χ2n) is 5.87. The van der Waals surface area contributed by atoms with Gasteiger partial charge in [0, 0.05) is 0 Å². The van der Waals surface area contributed by atoms with Gasteiger partial charge in [-0.2, -0.15) is 0 Å². The number of carbonyl (C=O) groups excluding carboxylic acids is 2. The third-order valence-electron chi connectivity index (χ3n) is 4.56. The Balaban J connectivity index is 1.44. The van der Waals surface area contributed by atoms with Crippen LogP contribution in [0.15, 0.2) is 30.3 Å². The molecule has 0 N–H and O–H groups in total. The van der Waals surface area contributed by atoms with Crippen molar-refractivity contribution in [3.05, 3.63) is 35.9 Å². The number of hydrogen-bond donors (Lipinski definition) is 0. The van der Waals surface area contributed by atoms with Crippen molar-refractivity contribution in [3.63, 3.8) is 0 Å². The number of benzene rings is 1. The van der Waals surface area contributed by atoms with Gasteiger partial charge in [0.25, 0.3) is 0 Å². The Morgan fingerprint density at radius 3 is 2.33 bits per heavy atom. The van der Waals surface area contributed by atoms with Gasteiger partial charge in [-0.15, -0.1) is 0 Å². The maximum absolute atomic E-state index is 12.0. The predicted molar refractivity (Wildman–Crippen MR) is 76.1 cm³/mol. The molecular formula is C17H20O4. The molecular weight excluding hydrogens is 268 g/mol. The van der Waals surface area contributed by atoms with Gasteiger partial charge in [-0.3, -0.25) is 9.59 Å².